The van der Waals surface area contributed by atoms with Crippen molar-refractivity contribution >= 4 is 67.1 Å². The second kappa shape index (κ2) is 3.99. The van der Waals surface area contributed by atoms with E-state index in [2.05, 4.69) is 17.5 Å². The van der Waals surface area contributed by atoms with Gasteiger partial charge in [-0.25, -0.2) is 0 Å². The van der Waals surface area contributed by atoms with Crippen molar-refractivity contribution in [3.63, 3.8) is 0 Å². The van der Waals surface area contributed by atoms with Gasteiger partial charge >= 0.3 is 0 Å². The molecule has 0 atom stereocenters. The molecule has 0 unspecified atom stereocenters. The lowest BCUT2D eigenvalue weighted by molar-refractivity contribution is 1.62. The van der Waals surface area contributed by atoms with Crippen molar-refractivity contribution in [3.8, 4) is 0 Å². The van der Waals surface area contributed by atoms with Gasteiger partial charge in [0.05, 0.1) is 33.5 Å². The van der Waals surface area contributed by atoms with E-state index < -0.39 is 0 Å². The second-order valence-electron chi connectivity index (χ2n) is 5.00. The monoisotopic (exact) mass is 326 g/mol. The van der Waals surface area contributed by atoms with Crippen LogP contribution in [0.2, 0.25) is 0 Å². The van der Waals surface area contributed by atoms with Crippen LogP contribution in [-0.4, -0.2) is 17.5 Å². The SMILES string of the molecule is O=c1c2ccc3[nH]s[nH]c3c2c(=O)c2ccc3nsnc3c12. The predicted octanol–water partition coefficient (Wildman–Crippen LogP) is 2.59. The smallest absolute Gasteiger partial charge is 0.196 e. The molecule has 5 aromatic rings. The summed E-state index contributed by atoms with van der Waals surface area (Å²) in [4.78, 5) is 25.8. The van der Waals surface area contributed by atoms with E-state index in [0.717, 1.165) is 17.2 Å². The van der Waals surface area contributed by atoms with Gasteiger partial charge in [-0.15, -0.1) is 0 Å². The molecule has 106 valence electrons. The Balaban J connectivity index is 2.23. The molecule has 6 nitrogen and oxygen atoms in total. The van der Waals surface area contributed by atoms with Gasteiger partial charge in [0.15, 0.2) is 10.9 Å². The first-order chi connectivity index (χ1) is 10.8. The largest absolute Gasteiger partial charge is 0.295 e. The van der Waals surface area contributed by atoms with Crippen LogP contribution >= 0.6 is 23.5 Å². The molecule has 8 heteroatoms. The number of H-pyrrole nitrogens is 2. The fourth-order valence-electron chi connectivity index (χ4n) is 2.89. The summed E-state index contributed by atoms with van der Waals surface area (Å²) in [5, 5.41) is 1.59. The van der Waals surface area contributed by atoms with E-state index in [4.69, 9.17) is 0 Å². The van der Waals surface area contributed by atoms with Crippen molar-refractivity contribution in [2.24, 2.45) is 0 Å². The van der Waals surface area contributed by atoms with Crippen LogP contribution in [0.25, 0.3) is 43.6 Å². The predicted molar refractivity (Wildman–Crippen MR) is 89.1 cm³/mol. The minimum absolute atomic E-state index is 0.159. The van der Waals surface area contributed by atoms with Gasteiger partial charge in [-0.05, 0) is 24.3 Å². The van der Waals surface area contributed by atoms with E-state index in [1.165, 1.54) is 11.7 Å². The maximum absolute atomic E-state index is 12.9. The van der Waals surface area contributed by atoms with Crippen molar-refractivity contribution in [1.29, 1.82) is 0 Å². The molecule has 0 bridgehead atoms. The highest BCUT2D eigenvalue weighted by molar-refractivity contribution is 7.00. The topological polar surface area (TPSA) is 91.5 Å². The Hall–Kier alpha value is -2.58. The van der Waals surface area contributed by atoms with Crippen LogP contribution in [0.1, 0.15) is 0 Å². The molecule has 0 amide bonds. The number of rotatable bonds is 0. The highest BCUT2D eigenvalue weighted by Crippen LogP contribution is 2.25. The van der Waals surface area contributed by atoms with Crippen LogP contribution < -0.4 is 10.9 Å². The first-order valence-electron chi connectivity index (χ1n) is 6.45. The van der Waals surface area contributed by atoms with Gasteiger partial charge in [0.25, 0.3) is 0 Å². The molecule has 2 heterocycles. The minimum Gasteiger partial charge on any atom is -0.295 e. The van der Waals surface area contributed by atoms with Gasteiger partial charge in [0.2, 0.25) is 0 Å². The Kier molecular flexibility index (Phi) is 2.18. The number of aromatic nitrogens is 4. The summed E-state index contributed by atoms with van der Waals surface area (Å²) in [7, 11) is 0. The molecular formula is C14H6N4O2S2. The molecule has 5 rings (SSSR count). The van der Waals surface area contributed by atoms with Crippen LogP contribution in [0.3, 0.4) is 0 Å². The van der Waals surface area contributed by atoms with Crippen LogP contribution in [0.4, 0.5) is 0 Å². The van der Waals surface area contributed by atoms with E-state index in [9.17, 15) is 9.59 Å². The van der Waals surface area contributed by atoms with E-state index >= 15 is 0 Å². The zero-order valence-electron chi connectivity index (χ0n) is 10.8. The Bertz CT molecular complexity index is 1220. The maximum atomic E-state index is 12.9. The van der Waals surface area contributed by atoms with Crippen LogP contribution in [0.5, 0.6) is 0 Å². The molecule has 0 aliphatic heterocycles. The second-order valence-corrected chi connectivity index (χ2v) is 6.14. The molecule has 0 aliphatic carbocycles. The van der Waals surface area contributed by atoms with Crippen molar-refractivity contribution in [2.75, 3.05) is 0 Å². The summed E-state index contributed by atoms with van der Waals surface area (Å²) in [6.45, 7) is 0. The zero-order valence-corrected chi connectivity index (χ0v) is 12.5. The van der Waals surface area contributed by atoms with E-state index in [-0.39, 0.29) is 10.9 Å². The van der Waals surface area contributed by atoms with Crippen LogP contribution in [0.15, 0.2) is 33.9 Å². The van der Waals surface area contributed by atoms with Gasteiger partial charge in [0.1, 0.15) is 11.0 Å². The molecule has 0 radical (unpaired) electrons. The maximum Gasteiger partial charge on any atom is 0.196 e. The number of fused-ring (bicyclic) bond motifs is 6. The average molecular weight is 326 g/mol. The van der Waals surface area contributed by atoms with Crippen molar-refractivity contribution in [1.82, 2.24) is 17.5 Å². The van der Waals surface area contributed by atoms with Gasteiger partial charge in [-0.2, -0.15) is 8.75 Å². The van der Waals surface area contributed by atoms with E-state index in [1.54, 1.807) is 24.3 Å². The van der Waals surface area contributed by atoms with Crippen molar-refractivity contribution in [3.05, 3.63) is 44.7 Å². The molecule has 0 saturated heterocycles. The number of hydrogen-bond acceptors (Lipinski definition) is 6. The quantitative estimate of drug-likeness (QED) is 0.428. The lowest BCUT2D eigenvalue weighted by atomic mass is 10.0. The number of nitrogens with zero attached hydrogens (tertiary/aromatic N) is 2. The fourth-order valence-corrected chi connectivity index (χ4v) is 4.08. The third-order valence-electron chi connectivity index (χ3n) is 3.89. The van der Waals surface area contributed by atoms with Gasteiger partial charge in [0, 0.05) is 22.5 Å². The standard InChI is InChI=1S/C14H6N4O2S2/c19-13-5-1-3-7-11(17-21-15-7)9(5)14(20)6-2-4-8-12(10(6)13)18-22-16-8/h1-4,15,17H. The molecule has 3 aromatic carbocycles. The zero-order chi connectivity index (χ0) is 14.8. The summed E-state index contributed by atoms with van der Waals surface area (Å²) >= 11 is 2.32. The Morgan fingerprint density at radius 2 is 1.64 bits per heavy atom. The molecule has 0 fully saturated rings. The summed E-state index contributed by atoms with van der Waals surface area (Å²) in [5.74, 6) is 0. The van der Waals surface area contributed by atoms with Crippen molar-refractivity contribution in [2.45, 2.75) is 0 Å². The van der Waals surface area contributed by atoms with Gasteiger partial charge in [-0.1, -0.05) is 0 Å². The first-order valence-corrected chi connectivity index (χ1v) is 8.00. The lowest BCUT2D eigenvalue weighted by Gasteiger charge is -2.02. The Morgan fingerprint density at radius 1 is 0.864 bits per heavy atom. The number of aromatic amines is 2. The number of benzene rings is 3. The third kappa shape index (κ3) is 1.33. The van der Waals surface area contributed by atoms with Gasteiger partial charge < -0.3 is 0 Å². The normalized spacial score (nSPS) is 12.0. The van der Waals surface area contributed by atoms with Gasteiger partial charge in [-0.3, -0.25) is 18.3 Å². The molecular weight excluding hydrogens is 320 g/mol. The average Bonchev–Trinajstić information content (AvgIpc) is 3.18. The van der Waals surface area contributed by atoms with Crippen LogP contribution in [-0.2, 0) is 0 Å². The molecule has 2 aromatic heterocycles. The number of hydrogen-bond donors (Lipinski definition) is 2. The van der Waals surface area contributed by atoms with Crippen LogP contribution in [0, 0.1) is 0 Å². The molecule has 0 saturated carbocycles. The number of nitrogens with one attached hydrogen (secondary N) is 2. The minimum atomic E-state index is -0.176. The third-order valence-corrected chi connectivity index (χ3v) is 5.06. The lowest BCUT2D eigenvalue weighted by Crippen LogP contribution is -2.13. The molecule has 22 heavy (non-hydrogen) atoms. The van der Waals surface area contributed by atoms with E-state index in [1.807, 2.05) is 0 Å². The highest BCUT2D eigenvalue weighted by atomic mass is 32.1. The van der Waals surface area contributed by atoms with E-state index in [0.29, 0.717) is 38.1 Å². The first kappa shape index (κ1) is 12.0. The summed E-state index contributed by atoms with van der Waals surface area (Å²) in [6, 6.07) is 6.89. The Morgan fingerprint density at radius 3 is 2.55 bits per heavy atom. The fraction of sp³-hybridized carbons (Fsp3) is 0. The Labute approximate surface area is 129 Å². The molecule has 0 spiro atoms. The summed E-state index contributed by atoms with van der Waals surface area (Å²) in [5.41, 5.74) is 2.29. The summed E-state index contributed by atoms with van der Waals surface area (Å²) < 4.78 is 14.4. The summed E-state index contributed by atoms with van der Waals surface area (Å²) in [6.07, 6.45) is 0. The molecule has 0 aliphatic rings. The molecule has 2 N–H and O–H groups in total. The van der Waals surface area contributed by atoms with Crippen molar-refractivity contribution < 1.29 is 0 Å². The highest BCUT2D eigenvalue weighted by Gasteiger charge is 2.17.